The van der Waals surface area contributed by atoms with Crippen LogP contribution in [0, 0.1) is 0 Å². The number of aromatic nitrogens is 1. The van der Waals surface area contributed by atoms with Gasteiger partial charge >= 0.3 is 0 Å². The van der Waals surface area contributed by atoms with Crippen molar-refractivity contribution in [2.24, 2.45) is 0 Å². The van der Waals surface area contributed by atoms with Gasteiger partial charge in [-0.2, -0.15) is 0 Å². The normalized spacial score (nSPS) is 11.7. The molecule has 0 saturated carbocycles. The zero-order valence-corrected chi connectivity index (χ0v) is 11.2. The van der Waals surface area contributed by atoms with E-state index in [1.807, 2.05) is 0 Å². The van der Waals surface area contributed by atoms with Gasteiger partial charge in [-0.15, -0.1) is 22.7 Å². The van der Waals surface area contributed by atoms with Crippen molar-refractivity contribution < 1.29 is 4.52 Å². The summed E-state index contributed by atoms with van der Waals surface area (Å²) in [7, 11) is 0. The average Bonchev–Trinajstić information content (AvgIpc) is 2.88. The highest BCUT2D eigenvalue weighted by Gasteiger charge is 2.20. The molecular weight excluding hydrogens is 252 g/mol. The third kappa shape index (κ3) is 1.66. The van der Waals surface area contributed by atoms with Crippen molar-refractivity contribution in [1.82, 2.24) is 5.16 Å². The van der Waals surface area contributed by atoms with Crippen LogP contribution in [-0.2, 0) is 0 Å². The van der Waals surface area contributed by atoms with E-state index < -0.39 is 0 Å². The van der Waals surface area contributed by atoms with Crippen molar-refractivity contribution >= 4 is 38.0 Å². The van der Waals surface area contributed by atoms with Crippen molar-refractivity contribution in [3.63, 3.8) is 0 Å². The first-order valence-corrected chi connectivity index (χ1v) is 7.09. The summed E-state index contributed by atoms with van der Waals surface area (Å²) in [5, 5.41) is 6.20. The fraction of sp³-hybridized carbons (Fsp3) is 0.250. The van der Waals surface area contributed by atoms with E-state index in [9.17, 15) is 0 Å². The Bertz CT molecular complexity index is 634. The van der Waals surface area contributed by atoms with Gasteiger partial charge in [0.15, 0.2) is 0 Å². The van der Waals surface area contributed by atoms with E-state index in [-0.39, 0.29) is 0 Å². The van der Waals surface area contributed by atoms with Crippen molar-refractivity contribution in [2.75, 3.05) is 5.73 Å². The van der Waals surface area contributed by atoms with Crippen LogP contribution >= 0.6 is 22.7 Å². The first kappa shape index (κ1) is 10.8. The molecule has 0 spiro atoms. The number of nitrogen functional groups attached to an aromatic ring is 1. The highest BCUT2D eigenvalue weighted by Crippen LogP contribution is 2.40. The summed E-state index contributed by atoms with van der Waals surface area (Å²) in [6.45, 7) is 4.20. The van der Waals surface area contributed by atoms with Crippen LogP contribution in [0.2, 0.25) is 0 Å². The fourth-order valence-electron chi connectivity index (χ4n) is 1.93. The Hall–Kier alpha value is -1.33. The molecule has 0 aliphatic rings. The van der Waals surface area contributed by atoms with Crippen LogP contribution in [-0.4, -0.2) is 5.16 Å². The molecule has 0 atom stereocenters. The van der Waals surface area contributed by atoms with Gasteiger partial charge in [0.05, 0.1) is 4.88 Å². The Balaban J connectivity index is 2.18. The molecule has 88 valence electrons. The minimum Gasteiger partial charge on any atom is -0.367 e. The predicted octanol–water partition coefficient (Wildman–Crippen LogP) is 4.32. The third-order valence-electron chi connectivity index (χ3n) is 2.71. The van der Waals surface area contributed by atoms with Crippen molar-refractivity contribution in [3.05, 3.63) is 23.1 Å². The summed E-state index contributed by atoms with van der Waals surface area (Å²) in [4.78, 5) is 1.14. The van der Waals surface area contributed by atoms with E-state index in [2.05, 4.69) is 36.5 Å². The van der Waals surface area contributed by atoms with E-state index in [0.717, 1.165) is 16.1 Å². The lowest BCUT2D eigenvalue weighted by Gasteiger charge is -2.03. The molecule has 17 heavy (non-hydrogen) atoms. The second-order valence-electron chi connectivity index (χ2n) is 4.22. The van der Waals surface area contributed by atoms with Crippen molar-refractivity contribution in [1.29, 1.82) is 0 Å². The Kier molecular flexibility index (Phi) is 2.45. The second kappa shape index (κ2) is 3.85. The highest BCUT2D eigenvalue weighted by molar-refractivity contribution is 7.28. The molecule has 3 aromatic rings. The minimum absolute atomic E-state index is 0.316. The first-order valence-electron chi connectivity index (χ1n) is 5.39. The molecule has 0 aliphatic carbocycles. The van der Waals surface area contributed by atoms with Gasteiger partial charge < -0.3 is 10.3 Å². The molecule has 3 rings (SSSR count). The number of hydrogen-bond donors (Lipinski definition) is 1. The van der Waals surface area contributed by atoms with Gasteiger partial charge in [0.1, 0.15) is 5.69 Å². The lowest BCUT2D eigenvalue weighted by molar-refractivity contribution is 0.438. The van der Waals surface area contributed by atoms with Crippen molar-refractivity contribution in [2.45, 2.75) is 19.8 Å². The Labute approximate surface area is 107 Å². The van der Waals surface area contributed by atoms with Crippen LogP contribution in [0.3, 0.4) is 0 Å². The van der Waals surface area contributed by atoms with E-state index in [0.29, 0.717) is 11.8 Å². The van der Waals surface area contributed by atoms with Gasteiger partial charge in [-0.05, 0) is 23.4 Å². The minimum atomic E-state index is 0.316. The molecule has 0 unspecified atom stereocenters. The summed E-state index contributed by atoms with van der Waals surface area (Å²) in [5.41, 5.74) is 7.73. The maximum absolute atomic E-state index is 5.83. The molecule has 5 heteroatoms. The summed E-state index contributed by atoms with van der Waals surface area (Å²) >= 11 is 3.48. The monoisotopic (exact) mass is 264 g/mol. The van der Waals surface area contributed by atoms with Gasteiger partial charge in [-0.3, -0.25) is 0 Å². The standard InChI is InChI=1S/C12H12N2OS2/c1-6(2)10-11(14-15-12(10)13)9-5-8-7(17-9)3-4-16-8/h3-6H,13H2,1-2H3. The molecule has 0 fully saturated rings. The van der Waals surface area contributed by atoms with Crippen molar-refractivity contribution in [3.8, 4) is 10.6 Å². The Morgan fingerprint density at radius 3 is 2.88 bits per heavy atom. The number of thiophene rings is 2. The number of nitrogens with two attached hydrogens (primary N) is 1. The van der Waals surface area contributed by atoms with E-state index in [4.69, 9.17) is 10.3 Å². The lowest BCUT2D eigenvalue weighted by atomic mass is 10.0. The zero-order chi connectivity index (χ0) is 12.0. The molecule has 0 amide bonds. The van der Waals surface area contributed by atoms with Crippen LogP contribution in [0.1, 0.15) is 25.3 Å². The molecule has 0 bridgehead atoms. The largest absolute Gasteiger partial charge is 0.367 e. The lowest BCUT2D eigenvalue weighted by Crippen LogP contribution is -1.93. The van der Waals surface area contributed by atoms with Gasteiger partial charge in [0, 0.05) is 15.0 Å². The van der Waals surface area contributed by atoms with E-state index in [1.54, 1.807) is 22.7 Å². The van der Waals surface area contributed by atoms with Gasteiger partial charge in [-0.1, -0.05) is 19.0 Å². The van der Waals surface area contributed by atoms with E-state index >= 15 is 0 Å². The highest BCUT2D eigenvalue weighted by atomic mass is 32.1. The molecule has 0 aliphatic heterocycles. The molecule has 3 aromatic heterocycles. The summed E-state index contributed by atoms with van der Waals surface area (Å²) in [6, 6.07) is 4.29. The molecular formula is C12H12N2OS2. The fourth-order valence-corrected chi connectivity index (χ4v) is 4.03. The Morgan fingerprint density at radius 2 is 2.18 bits per heavy atom. The van der Waals surface area contributed by atoms with E-state index in [1.165, 1.54) is 9.40 Å². The van der Waals surface area contributed by atoms with Gasteiger partial charge in [-0.25, -0.2) is 0 Å². The summed E-state index contributed by atoms with van der Waals surface area (Å²) in [6.07, 6.45) is 0. The molecule has 3 nitrogen and oxygen atoms in total. The smallest absolute Gasteiger partial charge is 0.226 e. The third-order valence-corrected chi connectivity index (χ3v) is 4.81. The van der Waals surface area contributed by atoms with Crippen LogP contribution in [0.15, 0.2) is 22.0 Å². The number of hydrogen-bond acceptors (Lipinski definition) is 5. The topological polar surface area (TPSA) is 52.0 Å². The van der Waals surface area contributed by atoms with Crippen LogP contribution in [0.4, 0.5) is 5.88 Å². The number of fused-ring (bicyclic) bond motifs is 1. The van der Waals surface area contributed by atoms with Crippen LogP contribution < -0.4 is 5.73 Å². The Morgan fingerprint density at radius 1 is 1.35 bits per heavy atom. The molecule has 0 saturated heterocycles. The van der Waals surface area contributed by atoms with Crippen LogP contribution in [0.5, 0.6) is 0 Å². The van der Waals surface area contributed by atoms with Gasteiger partial charge in [0.25, 0.3) is 0 Å². The molecule has 0 aromatic carbocycles. The quantitative estimate of drug-likeness (QED) is 0.749. The zero-order valence-electron chi connectivity index (χ0n) is 9.56. The molecule has 3 heterocycles. The maximum Gasteiger partial charge on any atom is 0.226 e. The SMILES string of the molecule is CC(C)c1c(-c2cc3sccc3s2)noc1N. The molecule has 0 radical (unpaired) electrons. The number of rotatable bonds is 2. The van der Waals surface area contributed by atoms with Crippen LogP contribution in [0.25, 0.3) is 20.0 Å². The maximum atomic E-state index is 5.83. The summed E-state index contributed by atoms with van der Waals surface area (Å²) < 4.78 is 7.71. The summed E-state index contributed by atoms with van der Waals surface area (Å²) in [5.74, 6) is 0.753. The number of nitrogens with zero attached hydrogens (tertiary/aromatic N) is 1. The average molecular weight is 264 g/mol. The second-order valence-corrected chi connectivity index (χ2v) is 6.26. The number of anilines is 1. The first-order chi connectivity index (χ1) is 8.16. The molecule has 2 N–H and O–H groups in total. The van der Waals surface area contributed by atoms with Gasteiger partial charge in [0.2, 0.25) is 5.88 Å². The predicted molar refractivity (Wildman–Crippen MR) is 73.7 cm³/mol.